The predicted molar refractivity (Wildman–Crippen MR) is 88.7 cm³/mol. The van der Waals surface area contributed by atoms with Crippen molar-refractivity contribution in [1.29, 1.82) is 0 Å². The Kier molecular flexibility index (Phi) is 3.49. The third kappa shape index (κ3) is 2.66. The van der Waals surface area contributed by atoms with Crippen LogP contribution < -0.4 is 10.9 Å². The molecule has 23 heavy (non-hydrogen) atoms. The molecule has 0 saturated heterocycles. The van der Waals surface area contributed by atoms with E-state index in [4.69, 9.17) is 23.2 Å². The first kappa shape index (κ1) is 16.0. The number of halogens is 2. The Labute approximate surface area is 147 Å². The molecule has 5 aliphatic carbocycles. The quantitative estimate of drug-likeness (QED) is 0.600. The molecule has 128 valence electrons. The van der Waals surface area contributed by atoms with Gasteiger partial charge in [0.2, 0.25) is 11.8 Å². The van der Waals surface area contributed by atoms with E-state index in [2.05, 4.69) is 10.9 Å². The van der Waals surface area contributed by atoms with Crippen LogP contribution in [0.5, 0.6) is 0 Å². The van der Waals surface area contributed by atoms with E-state index in [-0.39, 0.29) is 17.2 Å². The fraction of sp³-hybridized carbons (Fsp3) is 0.882. The maximum absolute atomic E-state index is 12.3. The predicted octanol–water partition coefficient (Wildman–Crippen LogP) is 3.32. The van der Waals surface area contributed by atoms with Crippen LogP contribution in [0, 0.1) is 28.6 Å². The standard InChI is InChI=1S/C17H24Cl2N2O2/c1-15(9-17(15,18)19)14(23)21-20-13(22)8-16-5-10-2-11(6-16)4-12(3-10)7-16/h10-12H,2-9H2,1H3,(H,20,22)(H,21,23)/t10?,11?,12?,15-,16?/m0/s1. The molecule has 0 unspecified atom stereocenters. The highest BCUT2D eigenvalue weighted by Crippen LogP contribution is 2.64. The number of amides is 2. The number of carbonyl (C=O) groups is 2. The van der Waals surface area contributed by atoms with Gasteiger partial charge in [0.1, 0.15) is 4.33 Å². The van der Waals surface area contributed by atoms with Gasteiger partial charge in [-0.3, -0.25) is 20.4 Å². The topological polar surface area (TPSA) is 58.2 Å². The average Bonchev–Trinajstić information content (AvgIpc) is 2.94. The summed E-state index contributed by atoms with van der Waals surface area (Å²) in [6, 6.07) is 0. The zero-order valence-electron chi connectivity index (χ0n) is 13.5. The maximum atomic E-state index is 12.3. The SMILES string of the molecule is C[C@@]1(C(=O)NNC(=O)CC23CC4CC(CC(C4)C2)C3)CC1(Cl)Cl. The van der Waals surface area contributed by atoms with Gasteiger partial charge in [-0.15, -0.1) is 23.2 Å². The molecule has 5 rings (SSSR count). The smallest absolute Gasteiger partial charge is 0.247 e. The van der Waals surface area contributed by atoms with Crippen LogP contribution in [0.25, 0.3) is 0 Å². The number of hydrazine groups is 1. The third-order valence-electron chi connectivity index (χ3n) is 6.78. The van der Waals surface area contributed by atoms with E-state index in [0.29, 0.717) is 12.8 Å². The molecule has 0 spiro atoms. The molecule has 2 N–H and O–H groups in total. The second kappa shape index (κ2) is 5.01. The van der Waals surface area contributed by atoms with Gasteiger partial charge in [0.05, 0.1) is 5.41 Å². The lowest BCUT2D eigenvalue weighted by atomic mass is 9.49. The number of rotatable bonds is 3. The first-order valence-corrected chi connectivity index (χ1v) is 9.44. The summed E-state index contributed by atoms with van der Waals surface area (Å²) in [5, 5.41) is 0. The third-order valence-corrected chi connectivity index (χ3v) is 7.88. The Hall–Kier alpha value is -0.480. The number of carbonyl (C=O) groups excluding carboxylic acids is 2. The van der Waals surface area contributed by atoms with Crippen molar-refractivity contribution in [2.45, 2.75) is 62.6 Å². The highest BCUT2D eigenvalue weighted by atomic mass is 35.5. The summed E-state index contributed by atoms with van der Waals surface area (Å²) in [5.74, 6) is 2.08. The zero-order valence-corrected chi connectivity index (χ0v) is 15.0. The Morgan fingerprint density at radius 2 is 1.48 bits per heavy atom. The Balaban J connectivity index is 1.32. The summed E-state index contributed by atoms with van der Waals surface area (Å²) in [5.41, 5.74) is 4.48. The normalized spacial score (nSPS) is 45.6. The summed E-state index contributed by atoms with van der Waals surface area (Å²) in [7, 11) is 0. The van der Waals surface area contributed by atoms with Crippen molar-refractivity contribution in [3.8, 4) is 0 Å². The largest absolute Gasteiger partial charge is 0.273 e. The molecular formula is C17H24Cl2N2O2. The van der Waals surface area contributed by atoms with Crippen molar-refractivity contribution >= 4 is 35.0 Å². The second-order valence-corrected chi connectivity index (χ2v) is 10.3. The van der Waals surface area contributed by atoms with Crippen LogP contribution in [-0.4, -0.2) is 16.1 Å². The lowest BCUT2D eigenvalue weighted by molar-refractivity contribution is -0.135. The van der Waals surface area contributed by atoms with E-state index < -0.39 is 9.75 Å². The first-order chi connectivity index (χ1) is 10.7. The Bertz CT molecular complexity index is 528. The zero-order chi connectivity index (χ0) is 16.5. The summed E-state index contributed by atoms with van der Waals surface area (Å²) >= 11 is 12.0. The van der Waals surface area contributed by atoms with Crippen LogP contribution in [0.2, 0.25) is 0 Å². The van der Waals surface area contributed by atoms with E-state index in [1.807, 2.05) is 0 Å². The highest BCUT2D eigenvalue weighted by Gasteiger charge is 2.68. The van der Waals surface area contributed by atoms with Crippen molar-refractivity contribution in [2.24, 2.45) is 28.6 Å². The summed E-state index contributed by atoms with van der Waals surface area (Å²) in [6.45, 7) is 1.72. The van der Waals surface area contributed by atoms with E-state index in [0.717, 1.165) is 17.8 Å². The lowest BCUT2D eigenvalue weighted by Crippen LogP contribution is -2.51. The van der Waals surface area contributed by atoms with Gasteiger partial charge in [0, 0.05) is 6.42 Å². The molecule has 0 aromatic carbocycles. The van der Waals surface area contributed by atoms with Gasteiger partial charge in [-0.2, -0.15) is 0 Å². The molecule has 6 heteroatoms. The molecule has 2 amide bonds. The van der Waals surface area contributed by atoms with Gasteiger partial charge >= 0.3 is 0 Å². The van der Waals surface area contributed by atoms with Crippen molar-refractivity contribution in [1.82, 2.24) is 10.9 Å². The van der Waals surface area contributed by atoms with Gasteiger partial charge in [-0.1, -0.05) is 0 Å². The van der Waals surface area contributed by atoms with Gasteiger partial charge in [-0.05, 0) is 75.0 Å². The molecule has 4 nitrogen and oxygen atoms in total. The Morgan fingerprint density at radius 3 is 1.91 bits per heavy atom. The monoisotopic (exact) mass is 358 g/mol. The molecule has 5 fully saturated rings. The van der Waals surface area contributed by atoms with Gasteiger partial charge < -0.3 is 0 Å². The van der Waals surface area contributed by atoms with Crippen LogP contribution in [0.1, 0.15) is 58.3 Å². The van der Waals surface area contributed by atoms with E-state index in [1.165, 1.54) is 38.5 Å². The molecule has 0 aromatic rings. The van der Waals surface area contributed by atoms with Gasteiger partial charge in [-0.25, -0.2) is 0 Å². The fourth-order valence-electron chi connectivity index (χ4n) is 5.80. The molecule has 1 atom stereocenters. The molecule has 0 aliphatic heterocycles. The first-order valence-electron chi connectivity index (χ1n) is 8.69. The molecule has 4 bridgehead atoms. The maximum Gasteiger partial charge on any atom is 0.247 e. The van der Waals surface area contributed by atoms with E-state index >= 15 is 0 Å². The van der Waals surface area contributed by atoms with Crippen LogP contribution in [-0.2, 0) is 9.59 Å². The van der Waals surface area contributed by atoms with E-state index in [1.54, 1.807) is 6.92 Å². The van der Waals surface area contributed by atoms with Crippen molar-refractivity contribution in [3.05, 3.63) is 0 Å². The van der Waals surface area contributed by atoms with E-state index in [9.17, 15) is 9.59 Å². The minimum Gasteiger partial charge on any atom is -0.273 e. The molecular weight excluding hydrogens is 335 g/mol. The molecule has 5 saturated carbocycles. The van der Waals surface area contributed by atoms with Crippen molar-refractivity contribution < 1.29 is 9.59 Å². The second-order valence-electron chi connectivity index (χ2n) is 8.81. The summed E-state index contributed by atoms with van der Waals surface area (Å²) in [6.07, 6.45) is 8.59. The molecule has 5 aliphatic rings. The van der Waals surface area contributed by atoms with Crippen LogP contribution in [0.15, 0.2) is 0 Å². The van der Waals surface area contributed by atoms with Crippen LogP contribution >= 0.6 is 23.2 Å². The number of hydrogen-bond donors (Lipinski definition) is 2. The summed E-state index contributed by atoms with van der Waals surface area (Å²) < 4.78 is -1.01. The summed E-state index contributed by atoms with van der Waals surface area (Å²) in [4.78, 5) is 24.5. The minimum atomic E-state index is -1.01. The van der Waals surface area contributed by atoms with Crippen molar-refractivity contribution in [3.63, 3.8) is 0 Å². The molecule has 0 radical (unpaired) electrons. The van der Waals surface area contributed by atoms with Gasteiger partial charge in [0.25, 0.3) is 0 Å². The fourth-order valence-corrected chi connectivity index (χ4v) is 6.51. The minimum absolute atomic E-state index is 0.0840. The number of alkyl halides is 2. The number of hydrogen-bond acceptors (Lipinski definition) is 2. The molecule has 0 aromatic heterocycles. The highest BCUT2D eigenvalue weighted by molar-refractivity contribution is 6.53. The van der Waals surface area contributed by atoms with Crippen LogP contribution in [0.3, 0.4) is 0 Å². The Morgan fingerprint density at radius 1 is 1.00 bits per heavy atom. The number of nitrogens with one attached hydrogen (secondary N) is 2. The average molecular weight is 359 g/mol. The lowest BCUT2D eigenvalue weighted by Gasteiger charge is -2.56. The van der Waals surface area contributed by atoms with Crippen molar-refractivity contribution in [2.75, 3.05) is 0 Å². The van der Waals surface area contributed by atoms with Gasteiger partial charge in [0.15, 0.2) is 0 Å². The van der Waals surface area contributed by atoms with Crippen LogP contribution in [0.4, 0.5) is 0 Å². The molecule has 0 heterocycles.